The predicted octanol–water partition coefficient (Wildman–Crippen LogP) is 8.10. The van der Waals surface area contributed by atoms with Gasteiger partial charge in [-0.3, -0.25) is 9.78 Å². The third-order valence-corrected chi connectivity index (χ3v) is 7.15. The van der Waals surface area contributed by atoms with Crippen molar-refractivity contribution in [1.82, 2.24) is 15.8 Å². The molecule has 1 aliphatic carbocycles. The second-order valence-corrected chi connectivity index (χ2v) is 11.0. The molecule has 40 heavy (non-hydrogen) atoms. The lowest BCUT2D eigenvalue weighted by molar-refractivity contribution is -0.116. The molecule has 2 N–H and O–H groups in total. The lowest BCUT2D eigenvalue weighted by Gasteiger charge is -2.33. The van der Waals surface area contributed by atoms with Gasteiger partial charge in [0, 0.05) is 32.3 Å². The number of Topliss-reactive ketones (excluding diaryl/α,β-unsaturated/α-hetero) is 1. The fraction of sp³-hybridized carbons (Fsp3) is 0.618. The van der Waals surface area contributed by atoms with E-state index in [0.717, 1.165) is 43.4 Å². The van der Waals surface area contributed by atoms with E-state index in [4.69, 9.17) is 14.8 Å². The van der Waals surface area contributed by atoms with Crippen LogP contribution < -0.4 is 10.8 Å². The van der Waals surface area contributed by atoms with E-state index in [1.54, 1.807) is 6.92 Å². The zero-order chi connectivity index (χ0) is 30.3. The first kappa shape index (κ1) is 35.5. The first-order valence-electron chi connectivity index (χ1n) is 15.4. The molecule has 1 aromatic carbocycles. The Hall–Kier alpha value is -2.57. The van der Waals surface area contributed by atoms with Gasteiger partial charge >= 0.3 is 0 Å². The molecule has 2 atom stereocenters. The summed E-state index contributed by atoms with van der Waals surface area (Å²) in [6.45, 7) is 23.7. The van der Waals surface area contributed by atoms with E-state index in [-0.39, 0.29) is 13.4 Å². The van der Waals surface area contributed by atoms with Crippen LogP contribution in [0.25, 0.3) is 0 Å². The number of aliphatic imine (C=N–C) groups is 1. The summed E-state index contributed by atoms with van der Waals surface area (Å²) >= 11 is 0. The molecule has 2 unspecified atom stereocenters. The fourth-order valence-electron chi connectivity index (χ4n) is 4.58. The third kappa shape index (κ3) is 10.8. The maximum absolute atomic E-state index is 10.5. The molecule has 6 nitrogen and oxygen atoms in total. The zero-order valence-electron chi connectivity index (χ0n) is 27.2. The Labute approximate surface area is 246 Å². The minimum Gasteiger partial charge on any atom is -0.386 e. The smallest absolute Gasteiger partial charge is 0.244 e. The molecule has 226 valence electrons. The van der Waals surface area contributed by atoms with Gasteiger partial charge in [-0.1, -0.05) is 85.2 Å². The summed E-state index contributed by atoms with van der Waals surface area (Å²) in [5.41, 5.74) is 10.8. The van der Waals surface area contributed by atoms with E-state index in [2.05, 4.69) is 76.6 Å². The van der Waals surface area contributed by atoms with E-state index in [0.29, 0.717) is 23.8 Å². The number of carbonyl (C=O) groups excluding carboxylic acids is 1. The van der Waals surface area contributed by atoms with Gasteiger partial charge in [0.15, 0.2) is 6.17 Å². The van der Waals surface area contributed by atoms with Crippen molar-refractivity contribution in [2.24, 2.45) is 10.4 Å². The normalized spacial score (nSPS) is 17.3. The molecule has 2 aliphatic rings. The first-order chi connectivity index (χ1) is 19.1. The minimum atomic E-state index is -0.160. The van der Waals surface area contributed by atoms with Crippen molar-refractivity contribution in [3.63, 3.8) is 0 Å². The van der Waals surface area contributed by atoms with Gasteiger partial charge in [0.25, 0.3) is 0 Å². The van der Waals surface area contributed by atoms with Crippen LogP contribution in [0.3, 0.4) is 0 Å². The molecular weight excluding hydrogens is 496 g/mol. The SMILES string of the molecule is CC.CC.CCC(C)NCCC(C)=O.CCc1ncc(C2=NC(c3ccc(C)cc3)NO2)c2c1CC(C)(C)CC2.[HH]. The van der Waals surface area contributed by atoms with E-state index >= 15 is 0 Å². The number of hydroxylamine groups is 1. The highest BCUT2D eigenvalue weighted by molar-refractivity contribution is 5.96. The number of ketones is 1. The molecule has 0 fully saturated rings. The Kier molecular flexibility index (Phi) is 15.9. The maximum Gasteiger partial charge on any atom is 0.244 e. The van der Waals surface area contributed by atoms with Crippen molar-refractivity contribution >= 4 is 11.7 Å². The molecule has 2 heterocycles. The lowest BCUT2D eigenvalue weighted by atomic mass is 9.73. The first-order valence-corrected chi connectivity index (χ1v) is 15.4. The maximum atomic E-state index is 10.5. The minimum absolute atomic E-state index is 0. The molecule has 2 aromatic rings. The van der Waals surface area contributed by atoms with Crippen molar-refractivity contribution in [3.05, 3.63) is 64.0 Å². The summed E-state index contributed by atoms with van der Waals surface area (Å²) in [5.74, 6) is 0.928. The van der Waals surface area contributed by atoms with Crippen LogP contribution in [-0.4, -0.2) is 29.3 Å². The number of benzene rings is 1. The second kappa shape index (κ2) is 18.0. The molecule has 0 radical (unpaired) electrons. The van der Waals surface area contributed by atoms with Gasteiger partial charge in [-0.15, -0.1) is 5.48 Å². The van der Waals surface area contributed by atoms with Gasteiger partial charge in [-0.25, -0.2) is 4.99 Å². The number of carbonyl (C=O) groups is 1. The van der Waals surface area contributed by atoms with Crippen LogP contribution >= 0.6 is 0 Å². The van der Waals surface area contributed by atoms with Crippen molar-refractivity contribution < 1.29 is 11.1 Å². The molecule has 1 aromatic heterocycles. The standard InChI is InChI=1S/C22H27N3O.C8H17NO.2C2H6.H2/c1-5-19-17-12-22(3,4)11-10-16(17)18(13-23-19)21-24-20(25-26-21)15-8-6-14(2)7-9-15;1-4-7(2)9-6-5-8(3)10;2*1-2;/h6-9,13,20,25H,5,10-12H2,1-4H3;7,9H,4-6H2,1-3H3;2*1-2H3;1H. The Morgan fingerprint density at radius 1 is 1.15 bits per heavy atom. The van der Waals surface area contributed by atoms with Crippen LogP contribution in [-0.2, 0) is 28.9 Å². The number of nitrogens with zero attached hydrogens (tertiary/aromatic N) is 2. The van der Waals surface area contributed by atoms with Gasteiger partial charge in [0.1, 0.15) is 5.78 Å². The topological polar surface area (TPSA) is 75.6 Å². The molecule has 0 amide bonds. The summed E-state index contributed by atoms with van der Waals surface area (Å²) in [6, 6.07) is 8.94. The summed E-state index contributed by atoms with van der Waals surface area (Å²) in [7, 11) is 0. The lowest BCUT2D eigenvalue weighted by Crippen LogP contribution is -2.27. The molecule has 0 spiro atoms. The van der Waals surface area contributed by atoms with Crippen LogP contribution in [0.15, 0.2) is 35.5 Å². The molecule has 6 heteroatoms. The Bertz CT molecular complexity index is 1070. The van der Waals surface area contributed by atoms with E-state index < -0.39 is 0 Å². The number of aryl methyl sites for hydroxylation is 2. The summed E-state index contributed by atoms with van der Waals surface area (Å²) < 4.78 is 0. The average Bonchev–Trinajstić information content (AvgIpc) is 3.44. The Morgan fingerprint density at radius 3 is 2.38 bits per heavy atom. The van der Waals surface area contributed by atoms with Gasteiger partial charge in [-0.05, 0) is 75.0 Å². The number of fused-ring (bicyclic) bond motifs is 1. The van der Waals surface area contributed by atoms with Crippen LogP contribution in [0.4, 0.5) is 0 Å². The second-order valence-electron chi connectivity index (χ2n) is 11.0. The zero-order valence-corrected chi connectivity index (χ0v) is 27.2. The van der Waals surface area contributed by atoms with Gasteiger partial charge < -0.3 is 10.2 Å². The van der Waals surface area contributed by atoms with Crippen LogP contribution in [0.5, 0.6) is 0 Å². The van der Waals surface area contributed by atoms with Crippen LogP contribution in [0.1, 0.15) is 130 Å². The number of hydrogen-bond donors (Lipinski definition) is 2. The number of pyridine rings is 1. The highest BCUT2D eigenvalue weighted by atomic mass is 16.7. The highest BCUT2D eigenvalue weighted by Crippen LogP contribution is 2.38. The monoisotopic (exact) mass is 554 g/mol. The van der Waals surface area contributed by atoms with Crippen molar-refractivity contribution in [2.75, 3.05) is 6.54 Å². The summed E-state index contributed by atoms with van der Waals surface area (Å²) in [5, 5.41) is 3.24. The third-order valence-electron chi connectivity index (χ3n) is 7.15. The Morgan fingerprint density at radius 2 is 1.80 bits per heavy atom. The van der Waals surface area contributed by atoms with E-state index in [1.807, 2.05) is 33.9 Å². The number of nitrogens with one attached hydrogen (secondary N) is 2. The predicted molar refractivity (Wildman–Crippen MR) is 172 cm³/mol. The van der Waals surface area contributed by atoms with Crippen LogP contribution in [0.2, 0.25) is 0 Å². The fourth-order valence-corrected chi connectivity index (χ4v) is 4.58. The van der Waals surface area contributed by atoms with Gasteiger partial charge in [0.05, 0.1) is 5.56 Å². The average molecular weight is 555 g/mol. The number of hydrogen-bond acceptors (Lipinski definition) is 6. The molecule has 0 saturated heterocycles. The van der Waals surface area contributed by atoms with Gasteiger partial charge in [-0.2, -0.15) is 0 Å². The summed E-state index contributed by atoms with van der Waals surface area (Å²) in [4.78, 5) is 25.8. The van der Waals surface area contributed by atoms with Gasteiger partial charge in [0.2, 0.25) is 5.90 Å². The van der Waals surface area contributed by atoms with Crippen molar-refractivity contribution in [1.29, 1.82) is 0 Å². The Balaban J connectivity index is 0.000000910. The molecular formula is C34H58N4O2. The van der Waals surface area contributed by atoms with Crippen molar-refractivity contribution in [3.8, 4) is 0 Å². The molecule has 4 rings (SSSR count). The van der Waals surface area contributed by atoms with Crippen LogP contribution in [0, 0.1) is 12.3 Å². The quantitative estimate of drug-likeness (QED) is 0.345. The highest BCUT2D eigenvalue weighted by Gasteiger charge is 2.32. The molecule has 1 aliphatic heterocycles. The number of rotatable bonds is 8. The van der Waals surface area contributed by atoms with E-state index in [9.17, 15) is 4.79 Å². The summed E-state index contributed by atoms with van der Waals surface area (Å²) in [6.07, 6.45) is 7.86. The number of aromatic nitrogens is 1. The molecule has 0 bridgehead atoms. The molecule has 0 saturated carbocycles. The van der Waals surface area contributed by atoms with Crippen molar-refractivity contribution in [2.45, 2.75) is 127 Å². The van der Waals surface area contributed by atoms with E-state index in [1.165, 1.54) is 28.8 Å². The largest absolute Gasteiger partial charge is 0.386 e.